The first-order chi connectivity index (χ1) is 10.0. The first-order valence-electron chi connectivity index (χ1n) is 6.97. The van der Waals surface area contributed by atoms with Crippen LogP contribution in [0.15, 0.2) is 48.8 Å². The molecule has 2 rings (SSSR count). The third-order valence-corrected chi connectivity index (χ3v) is 2.85. The number of nitrogens with zero attached hydrogens (tertiary/aromatic N) is 1. The predicted molar refractivity (Wildman–Crippen MR) is 84.4 cm³/mol. The summed E-state index contributed by atoms with van der Waals surface area (Å²) in [7, 11) is 0. The molecule has 0 aliphatic carbocycles. The average molecular weight is 280 g/mol. The summed E-state index contributed by atoms with van der Waals surface area (Å²) in [6, 6.07) is 12.0. The van der Waals surface area contributed by atoms with Gasteiger partial charge in [0.15, 0.2) is 0 Å². The standard InChI is InChI=1S/C18H20N2O/c1-18(2,21)10-9-15-5-7-16(8-6-15)12-20-14-17-4-3-11-19-13-17/h3-8,11,13,20-21H,12,14H2,1-2H3. The summed E-state index contributed by atoms with van der Waals surface area (Å²) in [6.45, 7) is 4.95. The molecule has 0 atom stereocenters. The van der Waals surface area contributed by atoms with Crippen molar-refractivity contribution in [2.24, 2.45) is 0 Å². The fourth-order valence-electron chi connectivity index (χ4n) is 1.78. The number of rotatable bonds is 4. The molecule has 0 bridgehead atoms. The first kappa shape index (κ1) is 15.2. The Labute approximate surface area is 126 Å². The lowest BCUT2D eigenvalue weighted by molar-refractivity contribution is 0.143. The molecule has 1 aromatic carbocycles. The quantitative estimate of drug-likeness (QED) is 0.846. The van der Waals surface area contributed by atoms with Gasteiger partial charge in [-0.3, -0.25) is 4.98 Å². The minimum atomic E-state index is -0.954. The molecule has 3 heteroatoms. The van der Waals surface area contributed by atoms with Gasteiger partial charge in [0, 0.05) is 31.0 Å². The number of hydrogen-bond donors (Lipinski definition) is 2. The van der Waals surface area contributed by atoms with E-state index in [1.165, 1.54) is 11.1 Å². The van der Waals surface area contributed by atoms with Crippen molar-refractivity contribution < 1.29 is 5.11 Å². The SMILES string of the molecule is CC(C)(O)C#Cc1ccc(CNCc2cccnc2)cc1. The van der Waals surface area contributed by atoms with E-state index in [0.717, 1.165) is 18.7 Å². The van der Waals surface area contributed by atoms with E-state index in [1.54, 1.807) is 20.0 Å². The average Bonchev–Trinajstić information content (AvgIpc) is 2.47. The molecule has 1 heterocycles. The number of nitrogens with one attached hydrogen (secondary N) is 1. The van der Waals surface area contributed by atoms with Crippen LogP contribution < -0.4 is 5.32 Å². The minimum Gasteiger partial charge on any atom is -0.378 e. The van der Waals surface area contributed by atoms with Crippen LogP contribution in [0.3, 0.4) is 0 Å². The summed E-state index contributed by atoms with van der Waals surface area (Å²) in [5.74, 6) is 5.77. The molecule has 0 unspecified atom stereocenters. The van der Waals surface area contributed by atoms with Crippen LogP contribution in [0.5, 0.6) is 0 Å². The molecule has 2 aromatic rings. The highest BCUT2D eigenvalue weighted by molar-refractivity contribution is 5.37. The molecule has 2 N–H and O–H groups in total. The van der Waals surface area contributed by atoms with Crippen molar-refractivity contribution in [3.05, 3.63) is 65.5 Å². The zero-order chi connectivity index (χ0) is 15.1. The van der Waals surface area contributed by atoms with E-state index in [4.69, 9.17) is 0 Å². The Morgan fingerprint density at radius 3 is 2.43 bits per heavy atom. The van der Waals surface area contributed by atoms with Gasteiger partial charge in [0.1, 0.15) is 5.60 Å². The Balaban J connectivity index is 1.86. The molecule has 108 valence electrons. The fourth-order valence-corrected chi connectivity index (χ4v) is 1.78. The Bertz CT molecular complexity index is 616. The second-order valence-electron chi connectivity index (χ2n) is 5.47. The van der Waals surface area contributed by atoms with Gasteiger partial charge >= 0.3 is 0 Å². The molecule has 0 saturated heterocycles. The Hall–Kier alpha value is -2.15. The van der Waals surface area contributed by atoms with Gasteiger partial charge in [-0.05, 0) is 43.2 Å². The zero-order valence-electron chi connectivity index (χ0n) is 12.4. The molecule has 0 fully saturated rings. The normalized spacial score (nSPS) is 10.8. The van der Waals surface area contributed by atoms with Gasteiger partial charge in [-0.2, -0.15) is 0 Å². The summed E-state index contributed by atoms with van der Waals surface area (Å²) in [4.78, 5) is 4.09. The summed E-state index contributed by atoms with van der Waals surface area (Å²) in [5.41, 5.74) is 2.33. The van der Waals surface area contributed by atoms with Crippen LogP contribution in [0.4, 0.5) is 0 Å². The maximum Gasteiger partial charge on any atom is 0.120 e. The molecule has 21 heavy (non-hydrogen) atoms. The van der Waals surface area contributed by atoms with Gasteiger partial charge in [-0.25, -0.2) is 0 Å². The molecule has 1 aromatic heterocycles. The topological polar surface area (TPSA) is 45.1 Å². The maximum absolute atomic E-state index is 9.57. The fraction of sp³-hybridized carbons (Fsp3) is 0.278. The first-order valence-corrected chi connectivity index (χ1v) is 6.97. The number of hydrogen-bond acceptors (Lipinski definition) is 3. The third-order valence-electron chi connectivity index (χ3n) is 2.85. The van der Waals surface area contributed by atoms with Crippen molar-refractivity contribution in [2.75, 3.05) is 0 Å². The van der Waals surface area contributed by atoms with E-state index in [2.05, 4.69) is 28.2 Å². The van der Waals surface area contributed by atoms with E-state index in [-0.39, 0.29) is 0 Å². The van der Waals surface area contributed by atoms with Gasteiger partial charge in [0.2, 0.25) is 0 Å². The Morgan fingerprint density at radius 1 is 1.10 bits per heavy atom. The third kappa shape index (κ3) is 5.78. The molecule has 3 nitrogen and oxygen atoms in total. The summed E-state index contributed by atoms with van der Waals surface area (Å²) in [6.07, 6.45) is 3.64. The van der Waals surface area contributed by atoms with Gasteiger partial charge < -0.3 is 10.4 Å². The highest BCUT2D eigenvalue weighted by Gasteiger charge is 2.05. The van der Waals surface area contributed by atoms with Crippen LogP contribution in [-0.2, 0) is 13.1 Å². The molecule has 0 saturated carbocycles. The minimum absolute atomic E-state index is 0.800. The lowest BCUT2D eigenvalue weighted by Gasteiger charge is -2.06. The second-order valence-corrected chi connectivity index (χ2v) is 5.47. The highest BCUT2D eigenvalue weighted by Crippen LogP contribution is 2.05. The molecular formula is C18H20N2O. The van der Waals surface area contributed by atoms with E-state index in [0.29, 0.717) is 0 Å². The van der Waals surface area contributed by atoms with Crippen LogP contribution in [0.2, 0.25) is 0 Å². The largest absolute Gasteiger partial charge is 0.378 e. The molecule has 0 aliphatic rings. The molecule has 0 aliphatic heterocycles. The van der Waals surface area contributed by atoms with Crippen molar-refractivity contribution in [3.63, 3.8) is 0 Å². The predicted octanol–water partition coefficient (Wildman–Crippen LogP) is 2.49. The van der Waals surface area contributed by atoms with Crippen molar-refractivity contribution in [2.45, 2.75) is 32.5 Å². The van der Waals surface area contributed by atoms with E-state index >= 15 is 0 Å². The van der Waals surface area contributed by atoms with Gasteiger partial charge in [0.25, 0.3) is 0 Å². The van der Waals surface area contributed by atoms with E-state index in [9.17, 15) is 5.11 Å². The van der Waals surface area contributed by atoms with Crippen LogP contribution in [0.25, 0.3) is 0 Å². The van der Waals surface area contributed by atoms with Crippen LogP contribution in [0.1, 0.15) is 30.5 Å². The van der Waals surface area contributed by atoms with E-state index < -0.39 is 5.60 Å². The lowest BCUT2D eigenvalue weighted by Crippen LogP contribution is -2.14. The van der Waals surface area contributed by atoms with Gasteiger partial charge in [0.05, 0.1) is 0 Å². The smallest absolute Gasteiger partial charge is 0.120 e. The van der Waals surface area contributed by atoms with Crippen molar-refractivity contribution in [1.82, 2.24) is 10.3 Å². The molecule has 0 radical (unpaired) electrons. The number of benzene rings is 1. The van der Waals surface area contributed by atoms with Gasteiger partial charge in [-0.15, -0.1) is 0 Å². The van der Waals surface area contributed by atoms with Crippen LogP contribution in [0, 0.1) is 11.8 Å². The summed E-state index contributed by atoms with van der Waals surface area (Å²) < 4.78 is 0. The highest BCUT2D eigenvalue weighted by atomic mass is 16.3. The Morgan fingerprint density at radius 2 is 1.81 bits per heavy atom. The Kier molecular flexibility index (Phi) is 5.10. The van der Waals surface area contributed by atoms with E-state index in [1.807, 2.05) is 36.5 Å². The van der Waals surface area contributed by atoms with Crippen molar-refractivity contribution in [1.29, 1.82) is 0 Å². The number of pyridine rings is 1. The second kappa shape index (κ2) is 7.03. The number of aromatic nitrogens is 1. The zero-order valence-corrected chi connectivity index (χ0v) is 12.4. The number of aliphatic hydroxyl groups is 1. The molecular weight excluding hydrogens is 260 g/mol. The van der Waals surface area contributed by atoms with Crippen molar-refractivity contribution in [3.8, 4) is 11.8 Å². The van der Waals surface area contributed by atoms with Gasteiger partial charge in [-0.1, -0.05) is 30.0 Å². The maximum atomic E-state index is 9.57. The monoisotopic (exact) mass is 280 g/mol. The van der Waals surface area contributed by atoms with Crippen LogP contribution in [-0.4, -0.2) is 15.7 Å². The van der Waals surface area contributed by atoms with Crippen molar-refractivity contribution >= 4 is 0 Å². The lowest BCUT2D eigenvalue weighted by atomic mass is 10.1. The summed E-state index contributed by atoms with van der Waals surface area (Å²) >= 11 is 0. The van der Waals surface area contributed by atoms with Crippen LogP contribution >= 0.6 is 0 Å². The molecule has 0 amide bonds. The summed E-state index contributed by atoms with van der Waals surface area (Å²) in [5, 5.41) is 12.9. The molecule has 0 spiro atoms.